The van der Waals surface area contributed by atoms with E-state index in [-0.39, 0.29) is 57.1 Å². The Balaban J connectivity index is 0.999. The maximum absolute atomic E-state index is 14.0. The van der Waals surface area contributed by atoms with Crippen LogP contribution in [0.2, 0.25) is 0 Å². The van der Waals surface area contributed by atoms with E-state index in [4.69, 9.17) is 0 Å². The highest BCUT2D eigenvalue weighted by molar-refractivity contribution is 7.93. The fourth-order valence-electron chi connectivity index (χ4n) is 8.78. The highest BCUT2D eigenvalue weighted by Gasteiger charge is 2.31. The van der Waals surface area contributed by atoms with Crippen molar-refractivity contribution >= 4 is 154 Å². The summed E-state index contributed by atoms with van der Waals surface area (Å²) in [7, 11) is -41.4. The smallest absolute Gasteiger partial charge is 0.321 e. The molecule has 31 nitrogen and oxygen atoms in total. The Hall–Kier alpha value is -8.55. The zero-order chi connectivity index (χ0) is 67.0. The first-order valence-electron chi connectivity index (χ1n) is 24.5. The topological polar surface area (TPSA) is 518 Å². The molecular weight excluding hydrogens is 1350 g/mol. The van der Waals surface area contributed by atoms with Crippen molar-refractivity contribution in [1.29, 1.82) is 0 Å². The minimum absolute atomic E-state index is 0.0867. The van der Waals surface area contributed by atoms with Crippen molar-refractivity contribution in [3.05, 3.63) is 155 Å². The molecule has 39 heteroatoms. The Morgan fingerprint density at radius 1 is 0.300 bits per heavy atom. The summed E-state index contributed by atoms with van der Waals surface area (Å²) in [5, 5.41) is 6.08. The molecule has 8 aromatic carbocycles. The fourth-order valence-corrected chi connectivity index (χ4v) is 15.2. The van der Waals surface area contributed by atoms with Crippen LogP contribution in [0.25, 0.3) is 21.5 Å². The van der Waals surface area contributed by atoms with Crippen LogP contribution < -0.4 is 30.7 Å². The number of fused-ring (bicyclic) bond motifs is 2. The Bertz CT molecular complexity index is 5120. The number of anilines is 6. The molecule has 0 aliphatic rings. The van der Waals surface area contributed by atoms with Crippen molar-refractivity contribution in [3.63, 3.8) is 0 Å². The van der Waals surface area contributed by atoms with E-state index in [1.165, 1.54) is 64.1 Å². The molecule has 8 rings (SSSR count). The number of aryl methyl sites for hydroxylation is 4. The van der Waals surface area contributed by atoms with Gasteiger partial charge in [-0.2, -0.15) is 50.5 Å². The lowest BCUT2D eigenvalue weighted by Gasteiger charge is -2.17. The molecule has 0 aliphatic heterocycles. The molecule has 0 saturated carbocycles. The molecule has 0 aromatic heterocycles. The summed E-state index contributed by atoms with van der Waals surface area (Å²) in [6.45, 7) is 5.88. The molecule has 0 spiro atoms. The van der Waals surface area contributed by atoms with Crippen molar-refractivity contribution in [2.24, 2.45) is 0 Å². The van der Waals surface area contributed by atoms with E-state index in [0.29, 0.717) is 35.4 Å². The molecule has 90 heavy (non-hydrogen) atoms. The number of hydrogen-bond donors (Lipinski definition) is 12. The Kier molecular flexibility index (Phi) is 17.7. The monoisotopic (exact) mass is 1400 g/mol. The molecule has 4 amide bonds. The summed E-state index contributed by atoms with van der Waals surface area (Å²) in [6.07, 6.45) is 0. The van der Waals surface area contributed by atoms with Gasteiger partial charge in [0.05, 0.1) is 42.3 Å². The van der Waals surface area contributed by atoms with Crippen LogP contribution in [0.3, 0.4) is 0 Å². The standard InChI is InChI=1S/C51H44N6O25S8/c1-25-7-11-31(83(61,62)56-41-17-29(9-5-27(41)3)49(58)52-37-13-15-43(87(71,72)73)35-19-33(85(65,66)67)23-45(47(35)37)89(77,78)79)21-39(25)54-51(60)55-40-22-32(12-8-26(40)2)84(63,64)57-42-18-30(10-6-28(42)4)50(59)53-38-14-16-44(88(74,75)76)36-20-34(86(68,69)70)24-46(48(36)38)90(80,81)82/h5-24,56-57H,1-4H3,(H,52,58)(H,53,59)(H2,54,55,60)(H,65,66,67)(H,68,69,70)(H,71,72,73)(H,74,75,76)(H,77,78,79)(H,80,81,82). The summed E-state index contributed by atoms with van der Waals surface area (Å²) in [6, 6.07) is 17.4. The number of amides is 4. The molecular formula is C51H44N6O25S8. The third kappa shape index (κ3) is 14.5. The molecule has 0 heterocycles. The molecule has 0 fully saturated rings. The summed E-state index contributed by atoms with van der Waals surface area (Å²) in [4.78, 5) is 32.9. The van der Waals surface area contributed by atoms with Crippen LogP contribution in [-0.4, -0.2) is 113 Å². The van der Waals surface area contributed by atoms with Gasteiger partial charge in [-0.1, -0.05) is 24.3 Å². The number of sulfonamides is 2. The van der Waals surface area contributed by atoms with Gasteiger partial charge in [0.25, 0.3) is 92.6 Å². The Labute approximate surface area is 512 Å². The van der Waals surface area contributed by atoms with Gasteiger partial charge in [-0.05, 0) is 147 Å². The molecule has 0 unspecified atom stereocenters. The van der Waals surface area contributed by atoms with Crippen molar-refractivity contribution in [1.82, 2.24) is 0 Å². The van der Waals surface area contributed by atoms with Gasteiger partial charge < -0.3 is 21.3 Å². The summed E-state index contributed by atoms with van der Waals surface area (Å²) >= 11 is 0. The van der Waals surface area contributed by atoms with Gasteiger partial charge in [0.15, 0.2) is 0 Å². The van der Waals surface area contributed by atoms with E-state index in [2.05, 4.69) is 30.7 Å². The third-order valence-corrected chi connectivity index (χ3v) is 21.2. The maximum Gasteiger partial charge on any atom is 0.323 e. The molecule has 0 saturated heterocycles. The lowest BCUT2D eigenvalue weighted by molar-refractivity contribution is 0.101. The van der Waals surface area contributed by atoms with Gasteiger partial charge in [0, 0.05) is 44.0 Å². The van der Waals surface area contributed by atoms with Gasteiger partial charge in [0.2, 0.25) is 0 Å². The van der Waals surface area contributed by atoms with Gasteiger partial charge in [-0.3, -0.25) is 46.3 Å². The largest absolute Gasteiger partial charge is 0.323 e. The predicted molar refractivity (Wildman–Crippen MR) is 322 cm³/mol. The van der Waals surface area contributed by atoms with Crippen LogP contribution in [-0.2, 0) is 80.8 Å². The second-order valence-electron chi connectivity index (χ2n) is 19.5. The molecule has 0 atom stereocenters. The Morgan fingerprint density at radius 3 is 0.922 bits per heavy atom. The predicted octanol–water partition coefficient (Wildman–Crippen LogP) is 6.46. The number of carbonyl (C=O) groups excluding carboxylic acids is 3. The molecule has 0 bridgehead atoms. The first-order chi connectivity index (χ1) is 41.2. The molecule has 0 radical (unpaired) electrons. The number of nitrogens with one attached hydrogen (secondary N) is 6. The molecule has 476 valence electrons. The SMILES string of the molecule is Cc1ccc(S(=O)(=O)Nc2cc(C(=O)Nc3ccc(S(=O)(=O)O)c4cc(S(=O)(=O)O)cc(S(=O)(=O)O)c34)ccc2C)cc1NC(=O)Nc1cc(S(=O)(=O)Nc2cc(C(=O)Nc3ccc(S(=O)(=O)O)c4cc(S(=O)(=O)O)cc(S(=O)(=O)O)c34)ccc2C)ccc1C. The zero-order valence-corrected chi connectivity index (χ0v) is 52.3. The van der Waals surface area contributed by atoms with Crippen molar-refractivity contribution < 1.29 is 109 Å². The zero-order valence-electron chi connectivity index (χ0n) is 45.8. The second-order valence-corrected chi connectivity index (χ2v) is 31.2. The number of benzene rings is 8. The van der Waals surface area contributed by atoms with Gasteiger partial charge in [-0.25, -0.2) is 21.6 Å². The van der Waals surface area contributed by atoms with E-state index in [1.807, 2.05) is 0 Å². The van der Waals surface area contributed by atoms with Crippen LogP contribution in [0.1, 0.15) is 43.0 Å². The maximum atomic E-state index is 14.0. The van der Waals surface area contributed by atoms with Crippen molar-refractivity contribution in [2.45, 2.75) is 66.9 Å². The van der Waals surface area contributed by atoms with Crippen LogP contribution >= 0.6 is 0 Å². The number of carbonyl (C=O) groups is 3. The van der Waals surface area contributed by atoms with Gasteiger partial charge in [0.1, 0.15) is 19.6 Å². The van der Waals surface area contributed by atoms with E-state index in [0.717, 1.165) is 48.5 Å². The van der Waals surface area contributed by atoms with Gasteiger partial charge >= 0.3 is 6.03 Å². The lowest BCUT2D eigenvalue weighted by atomic mass is 10.1. The van der Waals surface area contributed by atoms with Crippen LogP contribution in [0.15, 0.2) is 160 Å². The van der Waals surface area contributed by atoms with Crippen LogP contribution in [0, 0.1) is 27.7 Å². The average molecular weight is 1400 g/mol. The lowest BCUT2D eigenvalue weighted by Crippen LogP contribution is -2.22. The third-order valence-electron chi connectivity index (χ3n) is 13.3. The number of rotatable bonds is 18. The number of hydrogen-bond acceptors (Lipinski definition) is 19. The summed E-state index contributed by atoms with van der Waals surface area (Å²) in [5.74, 6) is -2.25. The van der Waals surface area contributed by atoms with Crippen molar-refractivity contribution in [3.8, 4) is 0 Å². The normalized spacial score (nSPS) is 12.7. The Morgan fingerprint density at radius 2 is 0.611 bits per heavy atom. The molecule has 8 aromatic rings. The fraction of sp³-hybridized carbons (Fsp3) is 0.0784. The minimum Gasteiger partial charge on any atom is -0.321 e. The minimum atomic E-state index is -5.50. The van der Waals surface area contributed by atoms with Crippen LogP contribution in [0.5, 0.6) is 0 Å². The van der Waals surface area contributed by atoms with E-state index < -0.39 is 171 Å². The molecule has 12 N–H and O–H groups in total. The first-order valence-corrected chi connectivity index (χ1v) is 36.1. The second kappa shape index (κ2) is 23.7. The molecule has 0 aliphatic carbocycles. The quantitative estimate of drug-likeness (QED) is 0.0410. The van der Waals surface area contributed by atoms with Gasteiger partial charge in [-0.15, -0.1) is 0 Å². The first kappa shape index (κ1) is 67.4. The van der Waals surface area contributed by atoms with E-state index >= 15 is 0 Å². The summed E-state index contributed by atoms with van der Waals surface area (Å²) < 4.78 is 267. The van der Waals surface area contributed by atoms with Crippen molar-refractivity contribution in [2.75, 3.05) is 30.7 Å². The number of urea groups is 1. The van der Waals surface area contributed by atoms with E-state index in [1.54, 1.807) is 0 Å². The van der Waals surface area contributed by atoms with Crippen LogP contribution in [0.4, 0.5) is 38.9 Å². The summed E-state index contributed by atoms with van der Waals surface area (Å²) in [5.41, 5.74) is -1.37. The van der Waals surface area contributed by atoms with E-state index in [9.17, 15) is 109 Å². The average Bonchev–Trinajstić information content (AvgIpc) is 0.750. The highest BCUT2D eigenvalue weighted by Crippen LogP contribution is 2.40. The highest BCUT2D eigenvalue weighted by atomic mass is 32.2.